The van der Waals surface area contributed by atoms with Gasteiger partial charge in [-0.25, -0.2) is 15.0 Å². The molecule has 10 aromatic rings. The molecule has 10 rings (SSSR count). The van der Waals surface area contributed by atoms with Gasteiger partial charge in [-0.2, -0.15) is 0 Å². The first-order valence-corrected chi connectivity index (χ1v) is 17.1. The number of pyridine rings is 1. The molecule has 0 saturated heterocycles. The van der Waals surface area contributed by atoms with E-state index >= 15 is 0 Å². The monoisotopic (exact) mass is 642 g/mol. The number of rotatable bonds is 4. The standard InChI is InChI=1S/C44H26N4S/c1-2-8-29-24-33(18-15-27(29)7-1)42-46-43(48-44(47-42)38-12-5-11-37-36-10-3-4-13-40(36)49-41(37)38)34-19-16-28-14-17-30(25-35(28)26-34)31-20-21-39-32(23-31)9-6-22-45-39/h1-26H. The first kappa shape index (κ1) is 27.8. The molecule has 0 spiro atoms. The summed E-state index contributed by atoms with van der Waals surface area (Å²) in [6, 6.07) is 53.4. The van der Waals surface area contributed by atoms with Crippen molar-refractivity contribution in [2.45, 2.75) is 0 Å². The summed E-state index contributed by atoms with van der Waals surface area (Å²) < 4.78 is 2.43. The molecule has 0 bridgehead atoms. The van der Waals surface area contributed by atoms with Crippen LogP contribution in [0.5, 0.6) is 0 Å². The zero-order valence-corrected chi connectivity index (χ0v) is 27.0. The van der Waals surface area contributed by atoms with Crippen molar-refractivity contribution in [3.05, 3.63) is 158 Å². The largest absolute Gasteiger partial charge is 0.256 e. The molecule has 0 aliphatic carbocycles. The average molecular weight is 643 g/mol. The van der Waals surface area contributed by atoms with Crippen LogP contribution < -0.4 is 0 Å². The maximum absolute atomic E-state index is 5.18. The van der Waals surface area contributed by atoms with E-state index in [2.05, 4.69) is 151 Å². The van der Waals surface area contributed by atoms with Gasteiger partial charge in [0, 0.05) is 48.4 Å². The van der Waals surface area contributed by atoms with Crippen LogP contribution in [-0.4, -0.2) is 19.9 Å². The Morgan fingerprint density at radius 1 is 0.388 bits per heavy atom. The Labute approximate surface area is 286 Å². The predicted octanol–water partition coefficient (Wildman–Crippen LogP) is 11.8. The lowest BCUT2D eigenvalue weighted by molar-refractivity contribution is 1.08. The van der Waals surface area contributed by atoms with Gasteiger partial charge in [0.2, 0.25) is 0 Å². The summed E-state index contributed by atoms with van der Waals surface area (Å²) in [6.07, 6.45) is 1.83. The third-order valence-corrected chi connectivity index (χ3v) is 10.5. The summed E-state index contributed by atoms with van der Waals surface area (Å²) in [5.74, 6) is 1.97. The highest BCUT2D eigenvalue weighted by molar-refractivity contribution is 7.26. The lowest BCUT2D eigenvalue weighted by atomic mass is 9.98. The van der Waals surface area contributed by atoms with E-state index in [0.29, 0.717) is 17.5 Å². The molecular weight excluding hydrogens is 617 g/mol. The Balaban J connectivity index is 1.16. The van der Waals surface area contributed by atoms with Crippen LogP contribution >= 0.6 is 11.3 Å². The average Bonchev–Trinajstić information content (AvgIpc) is 3.56. The maximum Gasteiger partial charge on any atom is 0.165 e. The zero-order chi connectivity index (χ0) is 32.3. The normalized spacial score (nSPS) is 11.7. The van der Waals surface area contributed by atoms with Crippen LogP contribution in [0.3, 0.4) is 0 Å². The van der Waals surface area contributed by atoms with E-state index in [0.717, 1.165) is 54.9 Å². The Morgan fingerprint density at radius 2 is 0.980 bits per heavy atom. The number of hydrogen-bond acceptors (Lipinski definition) is 5. The molecule has 3 aromatic heterocycles. The Kier molecular flexibility index (Phi) is 6.32. The molecule has 4 nitrogen and oxygen atoms in total. The molecule has 7 aromatic carbocycles. The molecular formula is C44H26N4S. The van der Waals surface area contributed by atoms with Crippen LogP contribution in [0.2, 0.25) is 0 Å². The molecule has 0 amide bonds. The minimum Gasteiger partial charge on any atom is -0.256 e. The van der Waals surface area contributed by atoms with Gasteiger partial charge in [-0.3, -0.25) is 4.98 Å². The summed E-state index contributed by atoms with van der Waals surface area (Å²) in [6.45, 7) is 0. The second-order valence-corrected chi connectivity index (χ2v) is 13.4. The minimum absolute atomic E-state index is 0.648. The molecule has 0 aliphatic rings. The fourth-order valence-electron chi connectivity index (χ4n) is 6.83. The quantitative estimate of drug-likeness (QED) is 0.192. The summed E-state index contributed by atoms with van der Waals surface area (Å²) in [4.78, 5) is 19.9. The molecule has 0 unspecified atom stereocenters. The third-order valence-electron chi connectivity index (χ3n) is 9.32. The lowest BCUT2D eigenvalue weighted by Gasteiger charge is -2.11. The van der Waals surface area contributed by atoms with E-state index in [-0.39, 0.29) is 0 Å². The first-order valence-electron chi connectivity index (χ1n) is 16.3. The number of benzene rings is 7. The van der Waals surface area contributed by atoms with E-state index in [9.17, 15) is 0 Å². The summed E-state index contributed by atoms with van der Waals surface area (Å²) >= 11 is 1.79. The number of aromatic nitrogens is 4. The second kappa shape index (κ2) is 11.2. The van der Waals surface area contributed by atoms with Crippen LogP contribution in [0, 0.1) is 0 Å². The third kappa shape index (κ3) is 4.83. The molecule has 0 saturated carbocycles. The molecule has 49 heavy (non-hydrogen) atoms. The van der Waals surface area contributed by atoms with E-state index in [1.165, 1.54) is 25.6 Å². The van der Waals surface area contributed by atoms with Gasteiger partial charge in [0.25, 0.3) is 0 Å². The molecule has 3 heterocycles. The van der Waals surface area contributed by atoms with E-state index in [4.69, 9.17) is 15.0 Å². The highest BCUT2D eigenvalue weighted by Gasteiger charge is 2.17. The molecule has 0 atom stereocenters. The van der Waals surface area contributed by atoms with Gasteiger partial charge < -0.3 is 0 Å². The van der Waals surface area contributed by atoms with Crippen molar-refractivity contribution >= 4 is 64.0 Å². The first-order chi connectivity index (χ1) is 24.2. The number of nitrogens with zero attached hydrogens (tertiary/aromatic N) is 4. The van der Waals surface area contributed by atoms with Crippen molar-refractivity contribution in [2.75, 3.05) is 0 Å². The summed E-state index contributed by atoms with van der Waals surface area (Å²) in [7, 11) is 0. The van der Waals surface area contributed by atoms with Crippen LogP contribution in [0.1, 0.15) is 0 Å². The van der Waals surface area contributed by atoms with Crippen LogP contribution in [0.25, 0.3) is 97.9 Å². The molecule has 5 heteroatoms. The molecule has 0 radical (unpaired) electrons. The smallest absolute Gasteiger partial charge is 0.165 e. The van der Waals surface area contributed by atoms with Crippen molar-refractivity contribution in [1.29, 1.82) is 0 Å². The van der Waals surface area contributed by atoms with Gasteiger partial charge in [0.05, 0.1) is 5.52 Å². The van der Waals surface area contributed by atoms with Gasteiger partial charge in [-0.15, -0.1) is 11.3 Å². The number of hydrogen-bond donors (Lipinski definition) is 0. The fourth-order valence-corrected chi connectivity index (χ4v) is 8.04. The number of fused-ring (bicyclic) bond motifs is 6. The van der Waals surface area contributed by atoms with Crippen LogP contribution in [-0.2, 0) is 0 Å². The minimum atomic E-state index is 0.648. The summed E-state index contributed by atoms with van der Waals surface area (Å²) in [5.41, 5.74) is 6.22. The van der Waals surface area contributed by atoms with Gasteiger partial charge in [0.15, 0.2) is 17.5 Å². The van der Waals surface area contributed by atoms with Crippen LogP contribution in [0.4, 0.5) is 0 Å². The van der Waals surface area contributed by atoms with Gasteiger partial charge in [0.1, 0.15) is 0 Å². The molecule has 0 aliphatic heterocycles. The topological polar surface area (TPSA) is 51.6 Å². The Bertz CT molecular complexity index is 2910. The molecule has 0 fully saturated rings. The zero-order valence-electron chi connectivity index (χ0n) is 26.2. The lowest BCUT2D eigenvalue weighted by Crippen LogP contribution is -2.00. The number of thiophene rings is 1. The van der Waals surface area contributed by atoms with E-state index in [1.807, 2.05) is 12.3 Å². The maximum atomic E-state index is 5.18. The van der Waals surface area contributed by atoms with Crippen molar-refractivity contribution in [1.82, 2.24) is 19.9 Å². The highest BCUT2D eigenvalue weighted by atomic mass is 32.1. The summed E-state index contributed by atoms with van der Waals surface area (Å²) in [5, 5.41) is 8.22. The van der Waals surface area contributed by atoms with E-state index in [1.54, 1.807) is 11.3 Å². The SMILES string of the molecule is c1ccc2cc(-c3nc(-c4ccc5ccc(-c6ccc7ncccc7c6)cc5c4)nc(-c4cccc5c4sc4ccccc45)n3)ccc2c1. The second-order valence-electron chi connectivity index (χ2n) is 12.3. The molecule has 0 N–H and O–H groups in total. The fraction of sp³-hybridized carbons (Fsp3) is 0. The Morgan fingerprint density at radius 3 is 1.82 bits per heavy atom. The van der Waals surface area contributed by atoms with Crippen molar-refractivity contribution in [3.63, 3.8) is 0 Å². The van der Waals surface area contributed by atoms with Gasteiger partial charge >= 0.3 is 0 Å². The van der Waals surface area contributed by atoms with Gasteiger partial charge in [-0.1, -0.05) is 103 Å². The van der Waals surface area contributed by atoms with Crippen molar-refractivity contribution < 1.29 is 0 Å². The predicted molar refractivity (Wildman–Crippen MR) is 205 cm³/mol. The molecule has 228 valence electrons. The van der Waals surface area contributed by atoms with Crippen molar-refractivity contribution in [3.8, 4) is 45.3 Å². The van der Waals surface area contributed by atoms with Gasteiger partial charge in [-0.05, 0) is 81.2 Å². The Hall–Kier alpha value is -6.30. The van der Waals surface area contributed by atoms with Crippen molar-refractivity contribution in [2.24, 2.45) is 0 Å². The van der Waals surface area contributed by atoms with Crippen LogP contribution in [0.15, 0.2) is 158 Å². The highest BCUT2D eigenvalue weighted by Crippen LogP contribution is 2.40. The van der Waals surface area contributed by atoms with E-state index < -0.39 is 0 Å².